The molecule has 10 rings (SSSR count). The van der Waals surface area contributed by atoms with Crippen LogP contribution in [0.15, 0.2) is 47.7 Å². The monoisotopic (exact) mass is 853 g/mol. The van der Waals surface area contributed by atoms with Crippen LogP contribution in [-0.4, -0.2) is 72.1 Å². The number of allylic oxidation sites excluding steroid dienone is 4. The lowest BCUT2D eigenvalue weighted by Crippen LogP contribution is -2.38. The Morgan fingerprint density at radius 1 is 0.887 bits per heavy atom. The predicted octanol–water partition coefficient (Wildman–Crippen LogP) is 9.27. The fraction of sp³-hybridized carbons (Fsp3) is 0.440. The van der Waals surface area contributed by atoms with E-state index in [9.17, 15) is 9.59 Å². The summed E-state index contributed by atoms with van der Waals surface area (Å²) in [7, 11) is 0. The van der Waals surface area contributed by atoms with E-state index in [2.05, 4.69) is 88.9 Å². The third-order valence-corrected chi connectivity index (χ3v) is 14.8. The zero-order valence-electron chi connectivity index (χ0n) is 37.5. The van der Waals surface area contributed by atoms with E-state index in [0.29, 0.717) is 19.6 Å². The highest BCUT2D eigenvalue weighted by molar-refractivity contribution is 6.23. The third-order valence-electron chi connectivity index (χ3n) is 14.3. The molecule has 12 heteroatoms. The maximum Gasteiger partial charge on any atom is 0.237 e. The first kappa shape index (κ1) is 41.9. The maximum atomic E-state index is 13.6. The number of H-pyrrole nitrogens is 4. The molecule has 5 aromatic rings. The topological polar surface area (TPSA) is 156 Å². The summed E-state index contributed by atoms with van der Waals surface area (Å²) in [6.45, 7) is 22.2. The van der Waals surface area contributed by atoms with Gasteiger partial charge in [0.1, 0.15) is 11.4 Å². The summed E-state index contributed by atoms with van der Waals surface area (Å²) in [6.07, 6.45) is 16.2. The second-order valence-corrected chi connectivity index (χ2v) is 19.4. The van der Waals surface area contributed by atoms with E-state index in [1.165, 1.54) is 38.9 Å². The van der Waals surface area contributed by atoms with Crippen molar-refractivity contribution in [3.8, 4) is 22.8 Å². The van der Waals surface area contributed by atoms with E-state index < -0.39 is 10.8 Å². The van der Waals surface area contributed by atoms with Crippen molar-refractivity contribution in [2.24, 2.45) is 11.1 Å². The van der Waals surface area contributed by atoms with Gasteiger partial charge in [0.05, 0.1) is 27.6 Å². The number of halogens is 1. The molecule has 6 heterocycles. The number of hydrogen-bond donors (Lipinski definition) is 5. The number of nitrogens with two attached hydrogens (primary N) is 1. The van der Waals surface area contributed by atoms with E-state index in [-0.39, 0.29) is 17.2 Å². The van der Waals surface area contributed by atoms with Gasteiger partial charge in [0.15, 0.2) is 0 Å². The number of nitrogens with one attached hydrogen (secondary N) is 4. The molecule has 0 saturated carbocycles. The molecule has 3 aliphatic carbocycles. The number of aromatic amines is 4. The van der Waals surface area contributed by atoms with Gasteiger partial charge in [-0.1, -0.05) is 31.7 Å². The number of likely N-dealkylation sites (tertiary alicyclic amines) is 1. The van der Waals surface area contributed by atoms with E-state index in [0.717, 1.165) is 125 Å². The lowest BCUT2D eigenvalue weighted by atomic mass is 9.82. The van der Waals surface area contributed by atoms with Crippen LogP contribution >= 0.6 is 11.6 Å². The summed E-state index contributed by atoms with van der Waals surface area (Å²) < 4.78 is 0. The number of rotatable bonds is 6. The van der Waals surface area contributed by atoms with Crippen molar-refractivity contribution in [2.45, 2.75) is 118 Å². The van der Waals surface area contributed by atoms with Gasteiger partial charge in [-0.3, -0.25) is 19.8 Å². The average molecular weight is 855 g/mol. The molecule has 1 saturated heterocycles. The normalized spacial score (nSPS) is 20.4. The van der Waals surface area contributed by atoms with Crippen LogP contribution in [0.1, 0.15) is 110 Å². The van der Waals surface area contributed by atoms with E-state index in [1.54, 1.807) is 0 Å². The van der Waals surface area contributed by atoms with Gasteiger partial charge in [-0.15, -0.1) is 11.6 Å². The molecule has 2 aliphatic heterocycles. The highest BCUT2D eigenvalue weighted by atomic mass is 35.5. The van der Waals surface area contributed by atoms with Gasteiger partial charge < -0.3 is 25.5 Å². The number of anilines is 1. The van der Waals surface area contributed by atoms with Crippen molar-refractivity contribution >= 4 is 46.1 Å². The van der Waals surface area contributed by atoms with E-state index >= 15 is 0 Å². The Labute approximate surface area is 369 Å². The minimum atomic E-state index is -0.604. The SMILES string of the molecule is C=C1/C(=C\c2c(CC)[nH]c3c2CCCc2c-3n[nH]c2C)N(CCN)C(=O)C1(C)C.Cc1[nH]nc2c1CCCc1c-2[nH]c2c(C)c3c(cc12)N(CC1=CC=CCC1Cl)C(=O)C3(C)C. The van der Waals surface area contributed by atoms with Crippen LogP contribution in [0, 0.1) is 26.2 Å². The molecular weight excluding hydrogens is 794 g/mol. The number of carbonyl (C=O) groups is 2. The van der Waals surface area contributed by atoms with Crippen LogP contribution < -0.4 is 10.6 Å². The number of aryl methyl sites for hydroxylation is 5. The summed E-state index contributed by atoms with van der Waals surface area (Å²) in [5.74, 6) is 0.216. The molecule has 6 N–H and O–H groups in total. The summed E-state index contributed by atoms with van der Waals surface area (Å²) >= 11 is 6.61. The van der Waals surface area contributed by atoms with Crippen LogP contribution in [0.2, 0.25) is 0 Å². The fourth-order valence-corrected chi connectivity index (χ4v) is 11.0. The molecule has 1 aromatic carbocycles. The number of aromatic nitrogens is 6. The minimum absolute atomic E-state index is 0.0651. The molecule has 5 aliphatic rings. The lowest BCUT2D eigenvalue weighted by Gasteiger charge is -2.24. The summed E-state index contributed by atoms with van der Waals surface area (Å²) in [5, 5.41) is 16.7. The van der Waals surface area contributed by atoms with Gasteiger partial charge in [0, 0.05) is 75.7 Å². The third kappa shape index (κ3) is 6.40. The molecule has 2 amide bonds. The largest absolute Gasteiger partial charge is 0.356 e. The zero-order valence-corrected chi connectivity index (χ0v) is 38.3. The van der Waals surface area contributed by atoms with Gasteiger partial charge in [-0.25, -0.2) is 0 Å². The second-order valence-electron chi connectivity index (χ2n) is 18.8. The van der Waals surface area contributed by atoms with Crippen LogP contribution in [-0.2, 0) is 47.1 Å². The van der Waals surface area contributed by atoms with Crippen molar-refractivity contribution < 1.29 is 9.59 Å². The Kier molecular flexibility index (Phi) is 10.4. The Hall–Kier alpha value is -5.39. The number of nitrogens with zero attached hydrogens (tertiary/aromatic N) is 4. The number of hydrogen-bond acceptors (Lipinski definition) is 5. The Morgan fingerprint density at radius 3 is 2.13 bits per heavy atom. The molecule has 1 unspecified atom stereocenters. The summed E-state index contributed by atoms with van der Waals surface area (Å²) in [6, 6.07) is 2.24. The standard InChI is InChI=1S/C27H29ClN4O.C23H31N5O/c1-14-22-21(32(26(33)27(22,3)4)13-16-8-5-6-11-20(16)28)12-19-18-10-7-9-17-15(2)30-31-25(17)24(18)29-23(14)19;1-6-18-17(12-19-13(2)23(4,5)22(29)28(19)11-10-24)16-9-7-8-15-14(3)26-27-21(15)20(16)25-18/h5-6,8,12,20,29H,7,9-11,13H2,1-4H3,(H,30,31);12,25H,2,6-11,24H2,1,3-5H3,(H,26,27)/b;19-12+. The van der Waals surface area contributed by atoms with Gasteiger partial charge in [0.2, 0.25) is 11.8 Å². The van der Waals surface area contributed by atoms with Crippen LogP contribution in [0.4, 0.5) is 5.69 Å². The molecule has 4 aromatic heterocycles. The first-order chi connectivity index (χ1) is 29.6. The van der Waals surface area contributed by atoms with Crippen LogP contribution in [0.25, 0.3) is 39.8 Å². The second kappa shape index (κ2) is 15.4. The van der Waals surface area contributed by atoms with E-state index in [1.807, 2.05) is 43.6 Å². The van der Waals surface area contributed by atoms with Gasteiger partial charge in [0.25, 0.3) is 0 Å². The Morgan fingerprint density at radius 2 is 1.50 bits per heavy atom. The lowest BCUT2D eigenvalue weighted by molar-refractivity contribution is -0.133. The number of carbonyl (C=O) groups excluding carboxylic acids is 2. The average Bonchev–Trinajstić information content (AvgIpc) is 4.00. The number of alkyl halides is 1. The highest BCUT2D eigenvalue weighted by Gasteiger charge is 2.47. The zero-order chi connectivity index (χ0) is 44.0. The Bertz CT molecular complexity index is 2780. The van der Waals surface area contributed by atoms with Crippen molar-refractivity contribution in [1.82, 2.24) is 35.3 Å². The van der Waals surface area contributed by atoms with Crippen molar-refractivity contribution in [3.05, 3.63) is 104 Å². The smallest absolute Gasteiger partial charge is 0.237 e. The Balaban J connectivity index is 0.000000160. The fourth-order valence-electron chi connectivity index (χ4n) is 10.7. The molecule has 0 spiro atoms. The number of fused-ring (bicyclic) bond motifs is 9. The quantitative estimate of drug-likeness (QED) is 0.108. The van der Waals surface area contributed by atoms with Crippen molar-refractivity contribution in [2.75, 3.05) is 24.5 Å². The van der Waals surface area contributed by atoms with E-state index in [4.69, 9.17) is 17.3 Å². The van der Waals surface area contributed by atoms with Gasteiger partial charge in [-0.05, 0) is 145 Å². The summed E-state index contributed by atoms with van der Waals surface area (Å²) in [4.78, 5) is 37.8. The van der Waals surface area contributed by atoms with Crippen molar-refractivity contribution in [3.63, 3.8) is 0 Å². The van der Waals surface area contributed by atoms with Crippen LogP contribution in [0.3, 0.4) is 0 Å². The first-order valence-electron chi connectivity index (χ1n) is 22.4. The molecule has 0 radical (unpaired) electrons. The molecule has 0 bridgehead atoms. The van der Waals surface area contributed by atoms with Gasteiger partial charge in [-0.2, -0.15) is 10.2 Å². The molecular formula is C50H60ClN9O2. The maximum absolute atomic E-state index is 13.6. The molecule has 62 heavy (non-hydrogen) atoms. The summed E-state index contributed by atoms with van der Waals surface area (Å²) in [5.41, 5.74) is 26.1. The van der Waals surface area contributed by atoms with Gasteiger partial charge >= 0.3 is 0 Å². The number of benzene rings is 1. The molecule has 11 nitrogen and oxygen atoms in total. The number of amides is 2. The van der Waals surface area contributed by atoms with Crippen molar-refractivity contribution in [1.29, 1.82) is 0 Å². The predicted molar refractivity (Wildman–Crippen MR) is 250 cm³/mol. The minimum Gasteiger partial charge on any atom is -0.356 e. The molecule has 324 valence electrons. The molecule has 1 fully saturated rings. The van der Waals surface area contributed by atoms with Crippen LogP contribution in [0.5, 0.6) is 0 Å². The molecule has 1 atom stereocenters. The highest BCUT2D eigenvalue weighted by Crippen LogP contribution is 2.49. The first-order valence-corrected chi connectivity index (χ1v) is 22.8.